The Labute approximate surface area is 118 Å². The highest BCUT2D eigenvalue weighted by atomic mass is 79.9. The topological polar surface area (TPSA) is 20.9 Å². The Morgan fingerprint density at radius 2 is 1.50 bits per heavy atom. The number of rotatable bonds is 3. The fraction of sp³-hybridized carbons (Fsp3) is 0.200. The lowest BCUT2D eigenvalue weighted by Gasteiger charge is -2.03. The molecule has 0 amide bonds. The SMILES string of the molecule is Cc1cccc(C)[n+]1CC(=O)c1ccccc1.[Br-]. The molecular formula is C15H16BrNO. The molecule has 0 radical (unpaired) electrons. The number of halogens is 1. The van der Waals surface area contributed by atoms with Gasteiger partial charge in [0.25, 0.3) is 0 Å². The third kappa shape index (κ3) is 3.26. The van der Waals surface area contributed by atoms with E-state index >= 15 is 0 Å². The van der Waals surface area contributed by atoms with Crippen LogP contribution in [0.5, 0.6) is 0 Å². The third-order valence-corrected chi connectivity index (χ3v) is 2.92. The molecule has 0 unspecified atom stereocenters. The van der Waals surface area contributed by atoms with Gasteiger partial charge < -0.3 is 17.0 Å². The van der Waals surface area contributed by atoms with Crippen LogP contribution in [0.2, 0.25) is 0 Å². The summed E-state index contributed by atoms with van der Waals surface area (Å²) in [4.78, 5) is 12.1. The third-order valence-electron chi connectivity index (χ3n) is 2.92. The molecule has 0 saturated carbocycles. The van der Waals surface area contributed by atoms with Gasteiger partial charge in [-0.1, -0.05) is 30.3 Å². The fourth-order valence-corrected chi connectivity index (χ4v) is 1.89. The minimum Gasteiger partial charge on any atom is -1.00 e. The van der Waals surface area contributed by atoms with Gasteiger partial charge in [0.15, 0.2) is 11.4 Å². The molecule has 3 heteroatoms. The van der Waals surface area contributed by atoms with Gasteiger partial charge in [0, 0.05) is 31.5 Å². The van der Waals surface area contributed by atoms with Gasteiger partial charge in [0.05, 0.1) is 0 Å². The first kappa shape index (κ1) is 14.6. The smallest absolute Gasteiger partial charge is 0.227 e. The molecule has 2 nitrogen and oxygen atoms in total. The molecule has 0 aliphatic heterocycles. The number of hydrogen-bond donors (Lipinski definition) is 0. The van der Waals surface area contributed by atoms with E-state index in [-0.39, 0.29) is 22.8 Å². The van der Waals surface area contributed by atoms with Crippen molar-refractivity contribution in [3.05, 3.63) is 65.5 Å². The van der Waals surface area contributed by atoms with Gasteiger partial charge >= 0.3 is 0 Å². The number of aryl methyl sites for hydroxylation is 2. The van der Waals surface area contributed by atoms with E-state index in [0.29, 0.717) is 6.54 Å². The molecule has 94 valence electrons. The second-order valence-electron chi connectivity index (χ2n) is 4.18. The van der Waals surface area contributed by atoms with E-state index in [4.69, 9.17) is 0 Å². The standard InChI is InChI=1S/C15H16NO.BrH/c1-12-7-6-8-13(2)16(12)11-15(17)14-9-4-3-5-10-14;/h3-10H,11H2,1-2H3;1H/q+1;/p-1. The molecule has 0 fully saturated rings. The van der Waals surface area contributed by atoms with Crippen molar-refractivity contribution in [3.8, 4) is 0 Å². The number of Topliss-reactive ketones (excluding diaryl/α,β-unsaturated/α-hetero) is 1. The van der Waals surface area contributed by atoms with E-state index in [1.807, 2.05) is 66.9 Å². The van der Waals surface area contributed by atoms with Crippen molar-refractivity contribution in [2.45, 2.75) is 20.4 Å². The molecule has 0 aliphatic rings. The quantitative estimate of drug-likeness (QED) is 0.552. The summed E-state index contributed by atoms with van der Waals surface area (Å²) in [6.45, 7) is 4.44. The number of nitrogens with zero attached hydrogens (tertiary/aromatic N) is 1. The monoisotopic (exact) mass is 305 g/mol. The second kappa shape index (κ2) is 6.45. The Morgan fingerprint density at radius 3 is 2.06 bits per heavy atom. The maximum absolute atomic E-state index is 12.1. The van der Waals surface area contributed by atoms with E-state index in [1.54, 1.807) is 0 Å². The average Bonchev–Trinajstić information content (AvgIpc) is 2.35. The van der Waals surface area contributed by atoms with E-state index in [0.717, 1.165) is 17.0 Å². The van der Waals surface area contributed by atoms with Crippen LogP contribution in [0.25, 0.3) is 0 Å². The van der Waals surface area contributed by atoms with Gasteiger partial charge in [-0.15, -0.1) is 0 Å². The lowest BCUT2D eigenvalue weighted by atomic mass is 10.1. The molecule has 0 aliphatic carbocycles. The molecule has 0 N–H and O–H groups in total. The van der Waals surface area contributed by atoms with Crippen molar-refractivity contribution in [1.82, 2.24) is 0 Å². The minimum absolute atomic E-state index is 0. The lowest BCUT2D eigenvalue weighted by molar-refractivity contribution is -0.695. The largest absolute Gasteiger partial charge is 1.00 e. The summed E-state index contributed by atoms with van der Waals surface area (Å²) in [6.07, 6.45) is 0. The zero-order valence-corrected chi connectivity index (χ0v) is 12.1. The van der Waals surface area contributed by atoms with Gasteiger partial charge in [-0.2, -0.15) is 4.57 Å². The molecule has 18 heavy (non-hydrogen) atoms. The Balaban J connectivity index is 0.00000162. The van der Waals surface area contributed by atoms with Gasteiger partial charge in [-0.3, -0.25) is 4.79 Å². The van der Waals surface area contributed by atoms with Gasteiger partial charge in [0.1, 0.15) is 0 Å². The van der Waals surface area contributed by atoms with Crippen LogP contribution in [0.1, 0.15) is 21.7 Å². The van der Waals surface area contributed by atoms with Crippen LogP contribution in [0.15, 0.2) is 48.5 Å². The van der Waals surface area contributed by atoms with Crippen LogP contribution in [0, 0.1) is 13.8 Å². The van der Waals surface area contributed by atoms with Crippen molar-refractivity contribution in [1.29, 1.82) is 0 Å². The summed E-state index contributed by atoms with van der Waals surface area (Å²) in [5.41, 5.74) is 2.98. The maximum Gasteiger partial charge on any atom is 0.227 e. The van der Waals surface area contributed by atoms with Gasteiger partial charge in [0.2, 0.25) is 12.3 Å². The molecule has 2 aromatic rings. The molecule has 2 rings (SSSR count). The number of aromatic nitrogens is 1. The summed E-state index contributed by atoms with van der Waals surface area (Å²) in [5.74, 6) is 0.146. The summed E-state index contributed by atoms with van der Waals surface area (Å²) in [7, 11) is 0. The van der Waals surface area contributed by atoms with Crippen molar-refractivity contribution < 1.29 is 26.3 Å². The predicted octanol–water partition coefficient (Wildman–Crippen LogP) is -0.522. The number of pyridine rings is 1. The fourth-order valence-electron chi connectivity index (χ4n) is 1.89. The van der Waals surface area contributed by atoms with E-state index in [9.17, 15) is 4.79 Å². The molecule has 0 bridgehead atoms. The van der Waals surface area contributed by atoms with Crippen LogP contribution in [-0.4, -0.2) is 5.78 Å². The Hall–Kier alpha value is -1.48. The predicted molar refractivity (Wildman–Crippen MR) is 66.9 cm³/mol. The molecule has 0 atom stereocenters. The summed E-state index contributed by atoms with van der Waals surface area (Å²) < 4.78 is 2.04. The molecular weight excluding hydrogens is 290 g/mol. The molecule has 1 heterocycles. The lowest BCUT2D eigenvalue weighted by Crippen LogP contribution is -3.00. The molecule has 1 aromatic carbocycles. The maximum atomic E-state index is 12.1. The van der Waals surface area contributed by atoms with Crippen LogP contribution in [-0.2, 0) is 6.54 Å². The number of benzene rings is 1. The number of carbonyl (C=O) groups excluding carboxylic acids is 1. The van der Waals surface area contributed by atoms with Crippen molar-refractivity contribution in [3.63, 3.8) is 0 Å². The van der Waals surface area contributed by atoms with Gasteiger partial charge in [-0.25, -0.2) is 0 Å². The number of carbonyl (C=O) groups is 1. The second-order valence-corrected chi connectivity index (χ2v) is 4.18. The Morgan fingerprint density at radius 1 is 0.944 bits per heavy atom. The Bertz CT molecular complexity index is 517. The minimum atomic E-state index is 0. The normalized spacial score (nSPS) is 9.67. The number of hydrogen-bond acceptors (Lipinski definition) is 1. The first-order chi connectivity index (χ1) is 8.18. The average molecular weight is 306 g/mol. The molecule has 0 spiro atoms. The zero-order chi connectivity index (χ0) is 12.3. The van der Waals surface area contributed by atoms with E-state index in [2.05, 4.69) is 0 Å². The van der Waals surface area contributed by atoms with Crippen molar-refractivity contribution in [2.75, 3.05) is 0 Å². The summed E-state index contributed by atoms with van der Waals surface area (Å²) in [5, 5.41) is 0. The highest BCUT2D eigenvalue weighted by molar-refractivity contribution is 5.94. The first-order valence-electron chi connectivity index (χ1n) is 5.73. The molecule has 1 aromatic heterocycles. The first-order valence-corrected chi connectivity index (χ1v) is 5.73. The van der Waals surface area contributed by atoms with Crippen LogP contribution in [0.3, 0.4) is 0 Å². The number of ketones is 1. The zero-order valence-electron chi connectivity index (χ0n) is 10.6. The Kier molecular flexibility index (Phi) is 5.23. The van der Waals surface area contributed by atoms with Gasteiger partial charge in [-0.05, 0) is 6.07 Å². The van der Waals surface area contributed by atoms with Crippen LogP contribution >= 0.6 is 0 Å². The molecule has 0 saturated heterocycles. The van der Waals surface area contributed by atoms with Crippen molar-refractivity contribution >= 4 is 5.78 Å². The highest BCUT2D eigenvalue weighted by Crippen LogP contribution is 2.01. The van der Waals surface area contributed by atoms with Crippen LogP contribution in [0.4, 0.5) is 0 Å². The summed E-state index contributed by atoms with van der Waals surface area (Å²) >= 11 is 0. The van der Waals surface area contributed by atoms with Crippen LogP contribution < -0.4 is 21.5 Å². The highest BCUT2D eigenvalue weighted by Gasteiger charge is 2.16. The van der Waals surface area contributed by atoms with E-state index in [1.165, 1.54) is 0 Å². The van der Waals surface area contributed by atoms with E-state index < -0.39 is 0 Å². The summed E-state index contributed by atoms with van der Waals surface area (Å²) in [6, 6.07) is 15.5. The van der Waals surface area contributed by atoms with Crippen molar-refractivity contribution in [2.24, 2.45) is 0 Å².